The largest absolute Gasteiger partial charge is 0.496 e. The van der Waals surface area contributed by atoms with Crippen molar-refractivity contribution >= 4 is 22.6 Å². The van der Waals surface area contributed by atoms with Crippen LogP contribution in [0.1, 0.15) is 84.8 Å². The molecule has 5 aromatic rings. The quantitative estimate of drug-likeness (QED) is 0.125. The molecule has 0 N–H and O–H groups in total. The van der Waals surface area contributed by atoms with Crippen LogP contribution in [-0.2, 0) is 13.0 Å². The summed E-state index contributed by atoms with van der Waals surface area (Å²) < 4.78 is 13.1. The van der Waals surface area contributed by atoms with Gasteiger partial charge in [-0.25, -0.2) is 0 Å². The molecule has 50 heavy (non-hydrogen) atoms. The van der Waals surface area contributed by atoms with E-state index < -0.39 is 0 Å². The SMILES string of the molecule is CCCCN(CCCC)C(=O)c1cc(OC)n(-c2ccc(-c3ccc(OC)c4ccccc34)cc2C(=O)N2Cc3ccccc3CC2CC)n1. The standard InChI is InChI=1S/C42H48N4O4/c1-6-9-23-44(24-10-7-2)42(48)37-27-40(50-5)46(43-37)38-21-19-30(33-20-22-39(49-4)35-18-14-13-17-34(33)35)26-36(38)41(47)45-28-31-16-12-11-15-29(31)25-32(45)8-3/h11-22,26-27,32H,6-10,23-25,28H2,1-5H3. The second kappa shape index (κ2) is 15.6. The number of hydrogen-bond donors (Lipinski definition) is 0. The molecule has 2 heterocycles. The number of fused-ring (bicyclic) bond motifs is 2. The summed E-state index contributed by atoms with van der Waals surface area (Å²) in [6.45, 7) is 8.26. The lowest BCUT2D eigenvalue weighted by Crippen LogP contribution is -2.44. The third-order valence-electron chi connectivity index (χ3n) is 9.91. The molecule has 8 nitrogen and oxygen atoms in total. The molecule has 1 atom stereocenters. The minimum Gasteiger partial charge on any atom is -0.496 e. The normalized spacial score (nSPS) is 14.0. The van der Waals surface area contributed by atoms with Crippen LogP contribution in [-0.4, -0.2) is 64.7 Å². The summed E-state index contributed by atoms with van der Waals surface area (Å²) in [5.41, 5.74) is 5.70. The van der Waals surface area contributed by atoms with Gasteiger partial charge in [0.05, 0.1) is 25.5 Å². The molecule has 0 saturated carbocycles. The van der Waals surface area contributed by atoms with Crippen molar-refractivity contribution in [3.05, 3.63) is 107 Å². The fourth-order valence-electron chi connectivity index (χ4n) is 7.07. The molecule has 2 amide bonds. The molecule has 260 valence electrons. The van der Waals surface area contributed by atoms with E-state index >= 15 is 0 Å². The molecule has 8 heteroatoms. The van der Waals surface area contributed by atoms with Crippen LogP contribution in [0.4, 0.5) is 0 Å². The number of benzene rings is 4. The number of unbranched alkanes of at least 4 members (excludes halogenated alkanes) is 2. The maximum atomic E-state index is 15.0. The molecule has 0 spiro atoms. The first-order chi connectivity index (χ1) is 24.4. The van der Waals surface area contributed by atoms with Gasteiger partial charge < -0.3 is 19.3 Å². The molecular weight excluding hydrogens is 624 g/mol. The number of amides is 2. The monoisotopic (exact) mass is 672 g/mol. The zero-order valence-electron chi connectivity index (χ0n) is 29.9. The van der Waals surface area contributed by atoms with Gasteiger partial charge in [0, 0.05) is 37.1 Å². The number of carbonyl (C=O) groups is 2. The van der Waals surface area contributed by atoms with Gasteiger partial charge in [-0.2, -0.15) is 9.78 Å². The fourth-order valence-corrected chi connectivity index (χ4v) is 7.07. The van der Waals surface area contributed by atoms with Gasteiger partial charge in [0.15, 0.2) is 5.69 Å². The molecule has 1 aliphatic rings. The van der Waals surface area contributed by atoms with Gasteiger partial charge in [-0.05, 0) is 71.5 Å². The Morgan fingerprint density at radius 2 is 1.52 bits per heavy atom. The Morgan fingerprint density at radius 1 is 0.820 bits per heavy atom. The van der Waals surface area contributed by atoms with E-state index in [9.17, 15) is 9.59 Å². The summed E-state index contributed by atoms with van der Waals surface area (Å²) in [6.07, 6.45) is 5.46. The molecular formula is C42H48N4O4. The molecule has 1 unspecified atom stereocenters. The molecule has 0 aliphatic carbocycles. The Hall–Kier alpha value is -5.11. The Bertz CT molecular complexity index is 1970. The van der Waals surface area contributed by atoms with Gasteiger partial charge in [-0.1, -0.05) is 94.3 Å². The Kier molecular flexibility index (Phi) is 10.9. The van der Waals surface area contributed by atoms with E-state index in [1.165, 1.54) is 5.56 Å². The maximum absolute atomic E-state index is 15.0. The second-order valence-corrected chi connectivity index (χ2v) is 13.0. The highest BCUT2D eigenvalue weighted by atomic mass is 16.5. The zero-order valence-corrected chi connectivity index (χ0v) is 29.9. The summed E-state index contributed by atoms with van der Waals surface area (Å²) >= 11 is 0. The van der Waals surface area contributed by atoms with E-state index in [0.29, 0.717) is 42.5 Å². The first kappa shape index (κ1) is 34.7. The Balaban J connectivity index is 1.49. The van der Waals surface area contributed by atoms with E-state index in [1.54, 1.807) is 25.0 Å². The van der Waals surface area contributed by atoms with Crippen LogP contribution >= 0.6 is 0 Å². The minimum absolute atomic E-state index is 0.0399. The zero-order chi connectivity index (χ0) is 35.2. The average molecular weight is 673 g/mol. The lowest BCUT2D eigenvalue weighted by Gasteiger charge is -2.37. The molecule has 6 rings (SSSR count). The molecule has 0 saturated heterocycles. The third-order valence-corrected chi connectivity index (χ3v) is 9.91. The molecule has 0 fully saturated rings. The predicted octanol–water partition coefficient (Wildman–Crippen LogP) is 8.73. The third kappa shape index (κ3) is 6.84. The number of rotatable bonds is 13. The summed E-state index contributed by atoms with van der Waals surface area (Å²) in [4.78, 5) is 32.7. The van der Waals surface area contributed by atoms with Crippen molar-refractivity contribution in [1.29, 1.82) is 0 Å². The van der Waals surface area contributed by atoms with Crippen molar-refractivity contribution in [1.82, 2.24) is 19.6 Å². The van der Waals surface area contributed by atoms with Crippen LogP contribution in [0.3, 0.4) is 0 Å². The highest BCUT2D eigenvalue weighted by Crippen LogP contribution is 2.37. The molecule has 1 aliphatic heterocycles. The average Bonchev–Trinajstić information content (AvgIpc) is 3.60. The van der Waals surface area contributed by atoms with Crippen molar-refractivity contribution in [3.63, 3.8) is 0 Å². The number of carbonyl (C=O) groups excluding carboxylic acids is 2. The Morgan fingerprint density at radius 3 is 2.20 bits per heavy atom. The number of methoxy groups -OCH3 is 2. The van der Waals surface area contributed by atoms with Crippen LogP contribution in [0.2, 0.25) is 0 Å². The molecule has 1 aromatic heterocycles. The minimum atomic E-state index is -0.128. The van der Waals surface area contributed by atoms with E-state index in [-0.39, 0.29) is 17.9 Å². The van der Waals surface area contributed by atoms with Crippen molar-refractivity contribution < 1.29 is 19.1 Å². The van der Waals surface area contributed by atoms with E-state index in [2.05, 4.69) is 45.0 Å². The van der Waals surface area contributed by atoms with Gasteiger partial charge in [0.1, 0.15) is 5.75 Å². The van der Waals surface area contributed by atoms with Crippen LogP contribution in [0.15, 0.2) is 84.9 Å². The lowest BCUT2D eigenvalue weighted by molar-refractivity contribution is 0.0634. The van der Waals surface area contributed by atoms with Gasteiger partial charge in [-0.3, -0.25) is 9.59 Å². The van der Waals surface area contributed by atoms with Crippen LogP contribution in [0.5, 0.6) is 11.6 Å². The van der Waals surface area contributed by atoms with Crippen LogP contribution in [0, 0.1) is 0 Å². The maximum Gasteiger partial charge on any atom is 0.274 e. The van der Waals surface area contributed by atoms with Crippen molar-refractivity contribution in [3.8, 4) is 28.4 Å². The summed E-state index contributed by atoms with van der Waals surface area (Å²) in [7, 11) is 3.25. The van der Waals surface area contributed by atoms with Crippen molar-refractivity contribution in [2.24, 2.45) is 0 Å². The van der Waals surface area contributed by atoms with E-state index in [1.807, 2.05) is 64.4 Å². The topological polar surface area (TPSA) is 76.9 Å². The summed E-state index contributed by atoms with van der Waals surface area (Å²) in [5.74, 6) is 0.975. The first-order valence-electron chi connectivity index (χ1n) is 17.9. The molecule has 0 bridgehead atoms. The number of ether oxygens (including phenoxy) is 2. The van der Waals surface area contributed by atoms with Gasteiger partial charge >= 0.3 is 0 Å². The van der Waals surface area contributed by atoms with Gasteiger partial charge in [0.2, 0.25) is 5.88 Å². The first-order valence-corrected chi connectivity index (χ1v) is 17.9. The second-order valence-electron chi connectivity index (χ2n) is 13.0. The fraction of sp³-hybridized carbons (Fsp3) is 0.357. The number of aromatic nitrogens is 2. The summed E-state index contributed by atoms with van der Waals surface area (Å²) in [5, 5.41) is 6.86. The highest BCUT2D eigenvalue weighted by molar-refractivity contribution is 6.03. The van der Waals surface area contributed by atoms with E-state index in [4.69, 9.17) is 14.6 Å². The number of nitrogens with zero attached hydrogens (tertiary/aromatic N) is 4. The molecule has 0 radical (unpaired) electrons. The Labute approximate surface area is 295 Å². The van der Waals surface area contributed by atoms with E-state index in [0.717, 1.165) is 71.7 Å². The highest BCUT2D eigenvalue weighted by Gasteiger charge is 2.32. The molecule has 4 aromatic carbocycles. The van der Waals surface area contributed by atoms with Crippen LogP contribution < -0.4 is 9.47 Å². The van der Waals surface area contributed by atoms with Crippen molar-refractivity contribution in [2.75, 3.05) is 27.3 Å². The number of hydrogen-bond acceptors (Lipinski definition) is 5. The van der Waals surface area contributed by atoms with Gasteiger partial charge in [0.25, 0.3) is 11.8 Å². The predicted molar refractivity (Wildman–Crippen MR) is 199 cm³/mol. The van der Waals surface area contributed by atoms with Crippen LogP contribution in [0.25, 0.3) is 27.6 Å². The lowest BCUT2D eigenvalue weighted by atomic mass is 9.91. The van der Waals surface area contributed by atoms with Gasteiger partial charge in [-0.15, -0.1) is 0 Å². The van der Waals surface area contributed by atoms with Crippen molar-refractivity contribution in [2.45, 2.75) is 71.9 Å². The summed E-state index contributed by atoms with van der Waals surface area (Å²) in [6, 6.07) is 28.2. The smallest absolute Gasteiger partial charge is 0.274 e.